The zero-order chi connectivity index (χ0) is 13.5. The number of aryl methyl sites for hydroxylation is 2. The first-order chi connectivity index (χ1) is 9.29. The molecule has 0 aliphatic rings. The van der Waals surface area contributed by atoms with E-state index < -0.39 is 0 Å². The van der Waals surface area contributed by atoms with Crippen molar-refractivity contribution in [2.45, 2.75) is 26.3 Å². The fourth-order valence-electron chi connectivity index (χ4n) is 2.13. The van der Waals surface area contributed by atoms with Gasteiger partial charge in [0.1, 0.15) is 0 Å². The fraction of sp³-hybridized carbons (Fsp3) is 0.294. The molecule has 2 aromatic carbocycles. The van der Waals surface area contributed by atoms with Crippen LogP contribution in [0.25, 0.3) is 0 Å². The van der Waals surface area contributed by atoms with Gasteiger partial charge in [-0.3, -0.25) is 0 Å². The third-order valence-electron chi connectivity index (χ3n) is 3.29. The summed E-state index contributed by atoms with van der Waals surface area (Å²) in [6, 6.07) is 16.8. The second kappa shape index (κ2) is 6.95. The molecule has 2 heteroatoms. The van der Waals surface area contributed by atoms with Crippen LogP contribution in [0, 0.1) is 6.92 Å². The van der Waals surface area contributed by atoms with Gasteiger partial charge in [0.2, 0.25) is 0 Å². The van der Waals surface area contributed by atoms with E-state index >= 15 is 0 Å². The third-order valence-corrected chi connectivity index (χ3v) is 3.29. The van der Waals surface area contributed by atoms with Gasteiger partial charge in [0.15, 0.2) is 0 Å². The molecule has 0 bridgehead atoms. The van der Waals surface area contributed by atoms with E-state index in [1.165, 1.54) is 16.7 Å². The molecular formula is C17H21NO. The first-order valence-corrected chi connectivity index (χ1v) is 6.78. The highest BCUT2D eigenvalue weighted by atomic mass is 16.2. The van der Waals surface area contributed by atoms with Crippen molar-refractivity contribution in [1.82, 2.24) is 0 Å². The lowest BCUT2D eigenvalue weighted by Crippen LogP contribution is -2.01. The highest BCUT2D eigenvalue weighted by Crippen LogP contribution is 2.15. The molecule has 2 nitrogen and oxygen atoms in total. The topological polar surface area (TPSA) is 32.3 Å². The molecule has 0 atom stereocenters. The van der Waals surface area contributed by atoms with Crippen molar-refractivity contribution in [3.63, 3.8) is 0 Å². The van der Waals surface area contributed by atoms with Crippen molar-refractivity contribution >= 4 is 5.69 Å². The third kappa shape index (κ3) is 4.11. The summed E-state index contributed by atoms with van der Waals surface area (Å²) in [4.78, 5) is 0. The van der Waals surface area contributed by atoms with Gasteiger partial charge < -0.3 is 10.4 Å². The smallest absolute Gasteiger partial charge is 0.0434 e. The van der Waals surface area contributed by atoms with E-state index in [2.05, 4.69) is 60.8 Å². The van der Waals surface area contributed by atoms with Crippen molar-refractivity contribution in [3.05, 3.63) is 65.2 Å². The van der Waals surface area contributed by atoms with Crippen molar-refractivity contribution in [1.29, 1.82) is 0 Å². The summed E-state index contributed by atoms with van der Waals surface area (Å²) < 4.78 is 0. The molecule has 0 amide bonds. The van der Waals surface area contributed by atoms with Gasteiger partial charge in [-0.2, -0.15) is 0 Å². The minimum absolute atomic E-state index is 0.251. The van der Waals surface area contributed by atoms with Crippen molar-refractivity contribution in [2.24, 2.45) is 0 Å². The number of anilines is 1. The minimum atomic E-state index is 0.251. The largest absolute Gasteiger partial charge is 0.396 e. The molecule has 0 radical (unpaired) electrons. The lowest BCUT2D eigenvalue weighted by atomic mass is 10.1. The Balaban J connectivity index is 1.98. The monoisotopic (exact) mass is 255 g/mol. The maximum atomic E-state index is 8.86. The van der Waals surface area contributed by atoms with E-state index in [4.69, 9.17) is 5.11 Å². The summed E-state index contributed by atoms with van der Waals surface area (Å²) >= 11 is 0. The number of hydrogen-bond acceptors (Lipinski definition) is 2. The zero-order valence-corrected chi connectivity index (χ0v) is 11.4. The van der Waals surface area contributed by atoms with Crippen LogP contribution in [-0.2, 0) is 13.0 Å². The quantitative estimate of drug-likeness (QED) is 0.827. The minimum Gasteiger partial charge on any atom is -0.396 e. The van der Waals surface area contributed by atoms with Gasteiger partial charge in [-0.25, -0.2) is 0 Å². The van der Waals surface area contributed by atoms with Crippen molar-refractivity contribution in [2.75, 3.05) is 11.9 Å². The van der Waals surface area contributed by atoms with Crippen LogP contribution < -0.4 is 5.32 Å². The van der Waals surface area contributed by atoms with Crippen LogP contribution in [0.3, 0.4) is 0 Å². The molecule has 2 aromatic rings. The molecule has 0 aliphatic heterocycles. The Hall–Kier alpha value is -1.80. The number of benzene rings is 2. The maximum absolute atomic E-state index is 8.86. The Morgan fingerprint density at radius 3 is 2.68 bits per heavy atom. The second-order valence-electron chi connectivity index (χ2n) is 4.81. The Morgan fingerprint density at radius 1 is 1.05 bits per heavy atom. The number of aliphatic hydroxyl groups is 1. The van der Waals surface area contributed by atoms with Gasteiger partial charge in [-0.1, -0.05) is 36.4 Å². The molecule has 0 heterocycles. The summed E-state index contributed by atoms with van der Waals surface area (Å²) in [6.07, 6.45) is 1.75. The average Bonchev–Trinajstić information content (AvgIpc) is 2.45. The molecule has 0 aliphatic carbocycles. The normalized spacial score (nSPS) is 10.4. The van der Waals surface area contributed by atoms with Crippen LogP contribution in [0.5, 0.6) is 0 Å². The van der Waals surface area contributed by atoms with Gasteiger partial charge in [0.25, 0.3) is 0 Å². The summed E-state index contributed by atoms with van der Waals surface area (Å²) in [7, 11) is 0. The Labute approximate surface area is 115 Å². The predicted octanol–water partition coefficient (Wildman–Crippen LogP) is 3.53. The number of nitrogens with one attached hydrogen (secondary N) is 1. The molecule has 0 saturated heterocycles. The van der Waals surface area contributed by atoms with Crippen LogP contribution in [0.4, 0.5) is 5.69 Å². The Bertz CT molecular complexity index is 522. The van der Waals surface area contributed by atoms with Crippen LogP contribution in [0.1, 0.15) is 23.1 Å². The molecule has 2 N–H and O–H groups in total. The molecule has 0 spiro atoms. The van der Waals surface area contributed by atoms with E-state index in [1.54, 1.807) is 0 Å². The Morgan fingerprint density at radius 2 is 1.89 bits per heavy atom. The Kier molecular flexibility index (Phi) is 4.99. The first-order valence-electron chi connectivity index (χ1n) is 6.78. The van der Waals surface area contributed by atoms with E-state index in [0.717, 1.165) is 25.1 Å². The average molecular weight is 255 g/mol. The molecule has 19 heavy (non-hydrogen) atoms. The lowest BCUT2D eigenvalue weighted by molar-refractivity contribution is 0.288. The number of hydrogen-bond donors (Lipinski definition) is 2. The van der Waals surface area contributed by atoms with Crippen LogP contribution in [0.2, 0.25) is 0 Å². The molecule has 0 fully saturated rings. The first kappa shape index (κ1) is 13.6. The standard InChI is InChI=1S/C17H21NO/c1-14-6-2-3-9-16(14)13-18-17-10-4-7-15(12-17)8-5-11-19/h2-4,6-7,9-10,12,18-19H,5,8,11,13H2,1H3. The van der Waals surface area contributed by atoms with E-state index in [0.29, 0.717) is 0 Å². The number of aliphatic hydroxyl groups excluding tert-OH is 1. The van der Waals surface area contributed by atoms with Gasteiger partial charge >= 0.3 is 0 Å². The molecule has 0 saturated carbocycles. The van der Waals surface area contributed by atoms with Crippen LogP contribution >= 0.6 is 0 Å². The van der Waals surface area contributed by atoms with E-state index in [-0.39, 0.29) is 6.61 Å². The van der Waals surface area contributed by atoms with Crippen LogP contribution in [0.15, 0.2) is 48.5 Å². The summed E-state index contributed by atoms with van der Waals surface area (Å²) in [5, 5.41) is 12.3. The van der Waals surface area contributed by atoms with E-state index in [1.807, 2.05) is 0 Å². The maximum Gasteiger partial charge on any atom is 0.0434 e. The molecule has 2 rings (SSSR count). The van der Waals surface area contributed by atoms with Gasteiger partial charge in [-0.15, -0.1) is 0 Å². The SMILES string of the molecule is Cc1ccccc1CNc1cccc(CCCO)c1. The molecule has 100 valence electrons. The molecule has 0 aromatic heterocycles. The predicted molar refractivity (Wildman–Crippen MR) is 80.4 cm³/mol. The highest BCUT2D eigenvalue weighted by molar-refractivity contribution is 5.46. The molecule has 0 unspecified atom stereocenters. The lowest BCUT2D eigenvalue weighted by Gasteiger charge is -2.10. The highest BCUT2D eigenvalue weighted by Gasteiger charge is 1.99. The summed E-state index contributed by atoms with van der Waals surface area (Å²) in [5.41, 5.74) is 5.04. The summed E-state index contributed by atoms with van der Waals surface area (Å²) in [6.45, 7) is 3.23. The van der Waals surface area contributed by atoms with Gasteiger partial charge in [-0.05, 0) is 48.6 Å². The van der Waals surface area contributed by atoms with Gasteiger partial charge in [0, 0.05) is 18.8 Å². The summed E-state index contributed by atoms with van der Waals surface area (Å²) in [5.74, 6) is 0. The fourth-order valence-corrected chi connectivity index (χ4v) is 2.13. The zero-order valence-electron chi connectivity index (χ0n) is 11.4. The van der Waals surface area contributed by atoms with Crippen LogP contribution in [-0.4, -0.2) is 11.7 Å². The van der Waals surface area contributed by atoms with Gasteiger partial charge in [0.05, 0.1) is 0 Å². The second-order valence-corrected chi connectivity index (χ2v) is 4.81. The van der Waals surface area contributed by atoms with Crippen molar-refractivity contribution in [3.8, 4) is 0 Å². The number of rotatable bonds is 6. The van der Waals surface area contributed by atoms with E-state index in [9.17, 15) is 0 Å². The molecular weight excluding hydrogens is 234 g/mol. The van der Waals surface area contributed by atoms with Crippen molar-refractivity contribution < 1.29 is 5.11 Å².